The molecular weight excluding hydrogens is 224 g/mol. The lowest BCUT2D eigenvalue weighted by Gasteiger charge is -2.24. The fourth-order valence-corrected chi connectivity index (χ4v) is 2.54. The number of phenolic OH excluding ortho intramolecular Hbond substituents is 1. The van der Waals surface area contributed by atoms with E-state index in [9.17, 15) is 9.90 Å². The molecule has 1 aromatic rings. The molecule has 96 valence electrons. The van der Waals surface area contributed by atoms with Gasteiger partial charge in [0.1, 0.15) is 5.75 Å². The summed E-state index contributed by atoms with van der Waals surface area (Å²) in [6.07, 6.45) is 6.70. The molecule has 0 aliphatic heterocycles. The molecule has 1 fully saturated rings. The van der Waals surface area contributed by atoms with Gasteiger partial charge in [-0.05, 0) is 55.4 Å². The van der Waals surface area contributed by atoms with Crippen LogP contribution in [0.1, 0.15) is 50.5 Å². The van der Waals surface area contributed by atoms with Gasteiger partial charge in [0.15, 0.2) is 5.78 Å². The van der Waals surface area contributed by atoms with Gasteiger partial charge in [0.25, 0.3) is 0 Å². The number of benzene rings is 1. The summed E-state index contributed by atoms with van der Waals surface area (Å²) in [7, 11) is 0. The van der Waals surface area contributed by atoms with E-state index in [0.29, 0.717) is 18.1 Å². The Kier molecular flexibility index (Phi) is 4.19. The molecule has 1 aliphatic carbocycles. The van der Waals surface area contributed by atoms with Crippen LogP contribution >= 0.6 is 0 Å². The van der Waals surface area contributed by atoms with Crippen LogP contribution in [0.5, 0.6) is 5.75 Å². The van der Waals surface area contributed by atoms with Crippen LogP contribution in [0.15, 0.2) is 35.9 Å². The Morgan fingerprint density at radius 3 is 2.44 bits per heavy atom. The largest absolute Gasteiger partial charge is 0.508 e. The van der Waals surface area contributed by atoms with Crippen LogP contribution in [-0.2, 0) is 4.79 Å². The average molecular weight is 244 g/mol. The third-order valence-electron chi connectivity index (χ3n) is 3.71. The van der Waals surface area contributed by atoms with Gasteiger partial charge in [-0.25, -0.2) is 0 Å². The Hall–Kier alpha value is -1.57. The Morgan fingerprint density at radius 2 is 1.89 bits per heavy atom. The van der Waals surface area contributed by atoms with Crippen molar-refractivity contribution in [3.8, 4) is 5.75 Å². The lowest BCUT2D eigenvalue weighted by atomic mass is 9.81. The van der Waals surface area contributed by atoms with E-state index < -0.39 is 0 Å². The third-order valence-corrected chi connectivity index (χ3v) is 3.71. The van der Waals surface area contributed by atoms with Gasteiger partial charge in [0, 0.05) is 6.42 Å². The second-order valence-corrected chi connectivity index (χ2v) is 4.99. The number of allylic oxidation sites excluding steroid dienone is 2. The first-order chi connectivity index (χ1) is 8.69. The number of phenols is 1. The monoisotopic (exact) mass is 244 g/mol. The third kappa shape index (κ3) is 3.22. The summed E-state index contributed by atoms with van der Waals surface area (Å²) in [5, 5.41) is 9.28. The molecule has 18 heavy (non-hydrogen) atoms. The van der Waals surface area contributed by atoms with Gasteiger partial charge in [-0.15, -0.1) is 0 Å². The number of carbonyl (C=O) groups excluding carboxylic acids is 1. The van der Waals surface area contributed by atoms with E-state index in [1.54, 1.807) is 12.1 Å². The van der Waals surface area contributed by atoms with Crippen molar-refractivity contribution in [1.82, 2.24) is 0 Å². The number of rotatable bonds is 3. The maximum Gasteiger partial charge on any atom is 0.155 e. The van der Waals surface area contributed by atoms with Crippen LogP contribution in [0.3, 0.4) is 0 Å². The summed E-state index contributed by atoms with van der Waals surface area (Å²) in [5.74, 6) is 1.14. The first-order valence-corrected chi connectivity index (χ1v) is 6.70. The maximum atomic E-state index is 11.4. The molecule has 0 unspecified atom stereocenters. The van der Waals surface area contributed by atoms with Gasteiger partial charge in [-0.2, -0.15) is 0 Å². The molecule has 0 heterocycles. The number of hydrogen-bond donors (Lipinski definition) is 1. The standard InChI is InChI=1S/C16H20O2/c1-2-15(17)11-12-3-5-13(6-4-12)14-7-9-16(18)10-8-14/h7-11,13,18H,2-6H2,1H3. The predicted molar refractivity (Wildman–Crippen MR) is 72.7 cm³/mol. The van der Waals surface area contributed by atoms with Crippen LogP contribution in [0.25, 0.3) is 0 Å². The van der Waals surface area contributed by atoms with Crippen molar-refractivity contribution in [2.75, 3.05) is 0 Å². The molecule has 0 amide bonds. The summed E-state index contributed by atoms with van der Waals surface area (Å²) in [6.45, 7) is 1.90. The minimum Gasteiger partial charge on any atom is -0.508 e. The van der Waals surface area contributed by atoms with Crippen molar-refractivity contribution in [3.05, 3.63) is 41.5 Å². The highest BCUT2D eigenvalue weighted by Gasteiger charge is 2.18. The van der Waals surface area contributed by atoms with Crippen molar-refractivity contribution in [3.63, 3.8) is 0 Å². The second-order valence-electron chi connectivity index (χ2n) is 4.99. The number of aromatic hydroxyl groups is 1. The molecule has 2 heteroatoms. The van der Waals surface area contributed by atoms with Crippen molar-refractivity contribution >= 4 is 5.78 Å². The molecule has 1 aliphatic rings. The zero-order valence-electron chi connectivity index (χ0n) is 10.9. The lowest BCUT2D eigenvalue weighted by molar-refractivity contribution is -0.114. The molecule has 1 aromatic carbocycles. The Labute approximate surface area is 108 Å². The van der Waals surface area contributed by atoms with Gasteiger partial charge in [-0.1, -0.05) is 24.6 Å². The molecule has 0 atom stereocenters. The molecule has 1 saturated carbocycles. The second kappa shape index (κ2) is 5.85. The fourth-order valence-electron chi connectivity index (χ4n) is 2.54. The number of carbonyl (C=O) groups is 1. The van der Waals surface area contributed by atoms with E-state index >= 15 is 0 Å². The topological polar surface area (TPSA) is 37.3 Å². The molecule has 0 bridgehead atoms. The average Bonchev–Trinajstić information content (AvgIpc) is 2.40. The zero-order chi connectivity index (χ0) is 13.0. The first-order valence-electron chi connectivity index (χ1n) is 6.70. The van der Waals surface area contributed by atoms with E-state index in [1.165, 1.54) is 11.1 Å². The highest BCUT2D eigenvalue weighted by Crippen LogP contribution is 2.35. The van der Waals surface area contributed by atoms with E-state index in [2.05, 4.69) is 0 Å². The van der Waals surface area contributed by atoms with Gasteiger partial charge in [-0.3, -0.25) is 4.79 Å². The van der Waals surface area contributed by atoms with Crippen molar-refractivity contribution in [2.24, 2.45) is 0 Å². The quantitative estimate of drug-likeness (QED) is 0.817. The van der Waals surface area contributed by atoms with Gasteiger partial charge in [0.05, 0.1) is 0 Å². The van der Waals surface area contributed by atoms with E-state index in [4.69, 9.17) is 0 Å². The molecule has 0 saturated heterocycles. The van der Waals surface area contributed by atoms with Crippen LogP contribution in [0.2, 0.25) is 0 Å². The SMILES string of the molecule is CCC(=O)C=C1CCC(c2ccc(O)cc2)CC1. The molecule has 1 N–H and O–H groups in total. The van der Waals surface area contributed by atoms with Crippen molar-refractivity contribution in [1.29, 1.82) is 0 Å². The van der Waals surface area contributed by atoms with Crippen LogP contribution in [-0.4, -0.2) is 10.9 Å². The van der Waals surface area contributed by atoms with Gasteiger partial charge >= 0.3 is 0 Å². The van der Waals surface area contributed by atoms with Crippen LogP contribution < -0.4 is 0 Å². The normalized spacial score (nSPS) is 19.6. The van der Waals surface area contributed by atoms with Gasteiger partial charge in [0.2, 0.25) is 0 Å². The van der Waals surface area contributed by atoms with E-state index in [0.717, 1.165) is 25.7 Å². The van der Waals surface area contributed by atoms with Crippen molar-refractivity contribution < 1.29 is 9.90 Å². The molecule has 2 rings (SSSR count). The number of ketones is 1. The Balaban J connectivity index is 1.96. The predicted octanol–water partition coefficient (Wildman–Crippen LogP) is 3.96. The summed E-state index contributed by atoms with van der Waals surface area (Å²) < 4.78 is 0. The Morgan fingerprint density at radius 1 is 1.28 bits per heavy atom. The summed E-state index contributed by atoms with van der Waals surface area (Å²) in [4.78, 5) is 11.4. The number of hydrogen-bond acceptors (Lipinski definition) is 2. The minimum atomic E-state index is 0.244. The smallest absolute Gasteiger partial charge is 0.155 e. The van der Waals surface area contributed by atoms with E-state index in [1.807, 2.05) is 25.1 Å². The van der Waals surface area contributed by atoms with Crippen LogP contribution in [0.4, 0.5) is 0 Å². The Bertz CT molecular complexity index is 433. The summed E-state index contributed by atoms with van der Waals surface area (Å²) in [5.41, 5.74) is 2.60. The maximum absolute atomic E-state index is 11.4. The summed E-state index contributed by atoms with van der Waals surface area (Å²) in [6, 6.07) is 7.51. The van der Waals surface area contributed by atoms with Crippen molar-refractivity contribution in [2.45, 2.75) is 44.9 Å². The highest BCUT2D eigenvalue weighted by atomic mass is 16.3. The first kappa shape index (κ1) is 12.9. The molecule has 0 spiro atoms. The van der Waals surface area contributed by atoms with Gasteiger partial charge < -0.3 is 5.11 Å². The lowest BCUT2D eigenvalue weighted by Crippen LogP contribution is -2.07. The molecule has 2 nitrogen and oxygen atoms in total. The summed E-state index contributed by atoms with van der Waals surface area (Å²) >= 11 is 0. The molecular formula is C16H20O2. The fraction of sp³-hybridized carbons (Fsp3) is 0.438. The van der Waals surface area contributed by atoms with Crippen LogP contribution in [0, 0.1) is 0 Å². The van der Waals surface area contributed by atoms with E-state index in [-0.39, 0.29) is 5.78 Å². The molecule has 0 aromatic heterocycles. The zero-order valence-corrected chi connectivity index (χ0v) is 10.9. The molecule has 0 radical (unpaired) electrons. The minimum absolute atomic E-state index is 0.244. The highest BCUT2D eigenvalue weighted by molar-refractivity contribution is 5.90.